The molecule has 64 valence electrons. The molecule has 0 amide bonds. The fraction of sp³-hybridized carbons (Fsp3) is 1.00. The van der Waals surface area contributed by atoms with Gasteiger partial charge in [0.1, 0.15) is 0 Å². The quantitative estimate of drug-likeness (QED) is 0.488. The summed E-state index contributed by atoms with van der Waals surface area (Å²) in [5.41, 5.74) is 0. The van der Waals surface area contributed by atoms with E-state index in [9.17, 15) is 10.2 Å². The van der Waals surface area contributed by atoms with Crippen LogP contribution >= 0.6 is 0 Å². The van der Waals surface area contributed by atoms with Gasteiger partial charge in [-0.2, -0.15) is 0 Å². The summed E-state index contributed by atoms with van der Waals surface area (Å²) in [5.74, 6) is 0.657. The molecule has 0 radical (unpaired) electrons. The summed E-state index contributed by atoms with van der Waals surface area (Å²) >= 11 is 0. The smallest absolute Gasteiger partial charge is 0.0609 e. The van der Waals surface area contributed by atoms with E-state index >= 15 is 0 Å². The summed E-state index contributed by atoms with van der Waals surface area (Å²) in [6.07, 6.45) is 0.0586. The molecule has 0 aromatic carbocycles. The number of aliphatic hydroxyl groups is 2. The van der Waals surface area contributed by atoms with Crippen LogP contribution in [0.5, 0.6) is 0 Å². The van der Waals surface area contributed by atoms with Gasteiger partial charge < -0.3 is 15.1 Å². The van der Waals surface area contributed by atoms with Crippen molar-refractivity contribution in [3.63, 3.8) is 0 Å². The van der Waals surface area contributed by atoms with Crippen molar-refractivity contribution < 1.29 is 10.2 Å². The van der Waals surface area contributed by atoms with Gasteiger partial charge in [-0.3, -0.25) is 0 Å². The molecular formula is C8H15NO2. The first-order valence-electron chi connectivity index (χ1n) is 4.23. The molecule has 4 unspecified atom stereocenters. The average Bonchev–Trinajstić information content (AvgIpc) is 2.38. The predicted octanol–water partition coefficient (Wildman–Crippen LogP) is -0.710. The number of likely N-dealkylation sites (tertiary alicyclic amines) is 1. The summed E-state index contributed by atoms with van der Waals surface area (Å²) in [6.45, 7) is 1.89. The molecule has 0 aromatic rings. The molecule has 1 saturated carbocycles. The maximum Gasteiger partial charge on any atom is 0.0609 e. The molecule has 1 aliphatic heterocycles. The van der Waals surface area contributed by atoms with Crippen molar-refractivity contribution in [1.29, 1.82) is 0 Å². The van der Waals surface area contributed by atoms with Crippen molar-refractivity contribution in [2.24, 2.45) is 11.8 Å². The van der Waals surface area contributed by atoms with Crippen LogP contribution in [0.4, 0.5) is 0 Å². The molecule has 1 aliphatic carbocycles. The van der Waals surface area contributed by atoms with Crippen molar-refractivity contribution in [3.8, 4) is 0 Å². The van der Waals surface area contributed by atoms with Crippen LogP contribution in [0, 0.1) is 11.8 Å². The number of hydrogen-bond donors (Lipinski definition) is 2. The van der Waals surface area contributed by atoms with Crippen LogP contribution in [0.15, 0.2) is 0 Å². The van der Waals surface area contributed by atoms with E-state index < -0.39 is 0 Å². The largest absolute Gasteiger partial charge is 0.393 e. The second kappa shape index (κ2) is 2.44. The van der Waals surface area contributed by atoms with Gasteiger partial charge in [0.05, 0.1) is 12.2 Å². The highest BCUT2D eigenvalue weighted by Crippen LogP contribution is 2.37. The van der Waals surface area contributed by atoms with Gasteiger partial charge in [0, 0.05) is 24.9 Å². The number of rotatable bonds is 0. The van der Waals surface area contributed by atoms with E-state index in [1.54, 1.807) is 0 Å². The van der Waals surface area contributed by atoms with Crippen LogP contribution in [-0.4, -0.2) is 47.5 Å². The Hall–Kier alpha value is -0.120. The van der Waals surface area contributed by atoms with Gasteiger partial charge in [0.2, 0.25) is 0 Å². The number of fused-ring (bicyclic) bond motifs is 1. The molecule has 4 atom stereocenters. The van der Waals surface area contributed by atoms with Crippen LogP contribution < -0.4 is 0 Å². The topological polar surface area (TPSA) is 43.7 Å². The van der Waals surface area contributed by atoms with E-state index in [-0.39, 0.29) is 12.2 Å². The minimum atomic E-state index is -0.264. The maximum absolute atomic E-state index is 9.50. The van der Waals surface area contributed by atoms with Gasteiger partial charge in [-0.25, -0.2) is 0 Å². The van der Waals surface area contributed by atoms with Gasteiger partial charge >= 0.3 is 0 Å². The first-order valence-corrected chi connectivity index (χ1v) is 4.23. The molecule has 0 spiro atoms. The molecule has 2 N–H and O–H groups in total. The molecule has 1 saturated heterocycles. The maximum atomic E-state index is 9.50. The Morgan fingerprint density at radius 3 is 2.00 bits per heavy atom. The van der Waals surface area contributed by atoms with Crippen LogP contribution in [-0.2, 0) is 0 Å². The lowest BCUT2D eigenvalue weighted by atomic mass is 9.98. The summed E-state index contributed by atoms with van der Waals surface area (Å²) in [6, 6.07) is 0. The normalized spacial score (nSPS) is 51.5. The zero-order valence-corrected chi connectivity index (χ0v) is 6.77. The average molecular weight is 157 g/mol. The van der Waals surface area contributed by atoms with Gasteiger partial charge in [0.25, 0.3) is 0 Å². The van der Waals surface area contributed by atoms with E-state index in [0.29, 0.717) is 18.3 Å². The van der Waals surface area contributed by atoms with Crippen LogP contribution in [0.2, 0.25) is 0 Å². The molecule has 3 heteroatoms. The highest BCUT2D eigenvalue weighted by Gasteiger charge is 2.46. The van der Waals surface area contributed by atoms with E-state index in [4.69, 9.17) is 0 Å². The summed E-state index contributed by atoms with van der Waals surface area (Å²) in [7, 11) is 2.04. The Balaban J connectivity index is 2.10. The zero-order chi connectivity index (χ0) is 8.01. The number of nitrogens with zero attached hydrogens (tertiary/aromatic N) is 1. The van der Waals surface area contributed by atoms with E-state index in [1.165, 1.54) is 0 Å². The minimum absolute atomic E-state index is 0.264. The van der Waals surface area contributed by atoms with Crippen LogP contribution in [0.3, 0.4) is 0 Å². The second-order valence-corrected chi connectivity index (χ2v) is 3.92. The monoisotopic (exact) mass is 157 g/mol. The highest BCUT2D eigenvalue weighted by atomic mass is 16.3. The van der Waals surface area contributed by atoms with Gasteiger partial charge in [0.15, 0.2) is 0 Å². The fourth-order valence-corrected chi connectivity index (χ4v) is 2.48. The highest BCUT2D eigenvalue weighted by molar-refractivity contribution is 4.97. The Labute approximate surface area is 66.6 Å². The first-order chi connectivity index (χ1) is 5.18. The van der Waals surface area contributed by atoms with E-state index in [2.05, 4.69) is 4.90 Å². The van der Waals surface area contributed by atoms with Gasteiger partial charge in [-0.1, -0.05) is 0 Å². The van der Waals surface area contributed by atoms with Crippen LogP contribution in [0.25, 0.3) is 0 Å². The molecule has 2 aliphatic rings. The van der Waals surface area contributed by atoms with Crippen molar-refractivity contribution in [2.75, 3.05) is 20.1 Å². The van der Waals surface area contributed by atoms with Gasteiger partial charge in [-0.15, -0.1) is 0 Å². The molecule has 0 bridgehead atoms. The zero-order valence-electron chi connectivity index (χ0n) is 6.77. The summed E-state index contributed by atoms with van der Waals surface area (Å²) in [5, 5.41) is 19.0. The Morgan fingerprint density at radius 2 is 1.55 bits per heavy atom. The lowest BCUT2D eigenvalue weighted by molar-refractivity contribution is 0.105. The lowest BCUT2D eigenvalue weighted by Gasteiger charge is -2.12. The Kier molecular flexibility index (Phi) is 1.67. The predicted molar refractivity (Wildman–Crippen MR) is 41.1 cm³/mol. The Morgan fingerprint density at radius 1 is 1.09 bits per heavy atom. The molecule has 2 fully saturated rings. The van der Waals surface area contributed by atoms with Crippen molar-refractivity contribution in [3.05, 3.63) is 0 Å². The van der Waals surface area contributed by atoms with Crippen molar-refractivity contribution >= 4 is 0 Å². The molecule has 0 aromatic heterocycles. The third-order valence-electron chi connectivity index (χ3n) is 3.07. The van der Waals surface area contributed by atoms with Gasteiger partial charge in [-0.05, 0) is 13.5 Å². The summed E-state index contributed by atoms with van der Waals surface area (Å²) in [4.78, 5) is 2.18. The van der Waals surface area contributed by atoms with E-state index in [1.807, 2.05) is 7.05 Å². The number of hydrogen-bond acceptors (Lipinski definition) is 3. The van der Waals surface area contributed by atoms with E-state index in [0.717, 1.165) is 13.1 Å². The summed E-state index contributed by atoms with van der Waals surface area (Å²) < 4.78 is 0. The standard InChI is InChI=1S/C8H15NO2/c1-9-3-5-6(4-9)8(11)2-7(5)10/h5-8,10-11H,2-4H2,1H3. The third kappa shape index (κ3) is 1.08. The minimum Gasteiger partial charge on any atom is -0.393 e. The first kappa shape index (κ1) is 7.53. The fourth-order valence-electron chi connectivity index (χ4n) is 2.48. The molecule has 3 nitrogen and oxygen atoms in total. The molecule has 11 heavy (non-hydrogen) atoms. The molecular weight excluding hydrogens is 142 g/mol. The Bertz CT molecular complexity index is 146. The van der Waals surface area contributed by atoms with Crippen molar-refractivity contribution in [1.82, 2.24) is 4.90 Å². The molecule has 1 heterocycles. The lowest BCUT2D eigenvalue weighted by Crippen LogP contribution is -2.22. The third-order valence-corrected chi connectivity index (χ3v) is 3.07. The SMILES string of the molecule is CN1CC2C(O)CC(O)C2C1. The second-order valence-electron chi connectivity index (χ2n) is 3.92. The van der Waals surface area contributed by atoms with Crippen LogP contribution in [0.1, 0.15) is 6.42 Å². The van der Waals surface area contributed by atoms with Crippen molar-refractivity contribution in [2.45, 2.75) is 18.6 Å². The number of aliphatic hydroxyl groups excluding tert-OH is 2. The molecule has 2 rings (SSSR count).